The zero-order chi connectivity index (χ0) is 14.4. The number of benzene rings is 2. The molecule has 0 spiro atoms. The summed E-state index contributed by atoms with van der Waals surface area (Å²) in [6, 6.07) is 16.2. The SMILES string of the molecule is CCN(Cc1cccc(OC)c1)Cc1ccccc1N. The van der Waals surface area contributed by atoms with Crippen LogP contribution in [0.15, 0.2) is 48.5 Å². The number of nitrogen functional groups attached to an aromatic ring is 1. The first-order chi connectivity index (χ1) is 9.72. The van der Waals surface area contributed by atoms with E-state index in [9.17, 15) is 0 Å². The average Bonchev–Trinajstić information content (AvgIpc) is 2.49. The molecule has 0 heterocycles. The van der Waals surface area contributed by atoms with Crippen molar-refractivity contribution in [3.8, 4) is 5.75 Å². The Kier molecular flexibility index (Phi) is 5.02. The summed E-state index contributed by atoms with van der Waals surface area (Å²) in [4.78, 5) is 2.36. The fraction of sp³-hybridized carbons (Fsp3) is 0.294. The summed E-state index contributed by atoms with van der Waals surface area (Å²) >= 11 is 0. The predicted octanol–water partition coefficient (Wildman–Crippen LogP) is 3.30. The van der Waals surface area contributed by atoms with Crippen LogP contribution < -0.4 is 10.5 Å². The predicted molar refractivity (Wildman–Crippen MR) is 83.6 cm³/mol. The van der Waals surface area contributed by atoms with Gasteiger partial charge in [0.1, 0.15) is 5.75 Å². The van der Waals surface area contributed by atoms with Gasteiger partial charge in [-0.2, -0.15) is 0 Å². The van der Waals surface area contributed by atoms with Gasteiger partial charge in [0.05, 0.1) is 7.11 Å². The van der Waals surface area contributed by atoms with Crippen molar-refractivity contribution >= 4 is 5.69 Å². The van der Waals surface area contributed by atoms with Crippen molar-refractivity contribution in [3.63, 3.8) is 0 Å². The molecule has 0 aromatic heterocycles. The van der Waals surface area contributed by atoms with Crippen molar-refractivity contribution in [2.75, 3.05) is 19.4 Å². The minimum atomic E-state index is 0.858. The van der Waals surface area contributed by atoms with E-state index >= 15 is 0 Å². The van der Waals surface area contributed by atoms with Crippen LogP contribution in [0.2, 0.25) is 0 Å². The minimum Gasteiger partial charge on any atom is -0.497 e. The van der Waals surface area contributed by atoms with E-state index in [1.54, 1.807) is 7.11 Å². The second-order valence-corrected chi connectivity index (χ2v) is 4.85. The number of rotatable bonds is 6. The fourth-order valence-electron chi connectivity index (χ4n) is 2.23. The highest BCUT2D eigenvalue weighted by atomic mass is 16.5. The summed E-state index contributed by atoms with van der Waals surface area (Å²) in [6.07, 6.45) is 0. The van der Waals surface area contributed by atoms with E-state index < -0.39 is 0 Å². The van der Waals surface area contributed by atoms with Gasteiger partial charge in [-0.05, 0) is 35.9 Å². The van der Waals surface area contributed by atoms with E-state index in [1.165, 1.54) is 11.1 Å². The van der Waals surface area contributed by atoms with Gasteiger partial charge in [-0.1, -0.05) is 37.3 Å². The summed E-state index contributed by atoms with van der Waals surface area (Å²) in [5.41, 5.74) is 9.30. The maximum Gasteiger partial charge on any atom is 0.119 e. The lowest BCUT2D eigenvalue weighted by molar-refractivity contribution is 0.271. The van der Waals surface area contributed by atoms with Crippen LogP contribution in [0.5, 0.6) is 5.75 Å². The molecule has 3 nitrogen and oxygen atoms in total. The molecule has 0 aliphatic carbocycles. The Morgan fingerprint density at radius 2 is 1.85 bits per heavy atom. The molecule has 0 atom stereocenters. The summed E-state index contributed by atoms with van der Waals surface area (Å²) < 4.78 is 5.27. The summed E-state index contributed by atoms with van der Waals surface area (Å²) in [7, 11) is 1.70. The van der Waals surface area contributed by atoms with E-state index in [0.717, 1.165) is 31.1 Å². The number of methoxy groups -OCH3 is 1. The number of nitrogens with two attached hydrogens (primary N) is 1. The second kappa shape index (κ2) is 6.96. The van der Waals surface area contributed by atoms with Crippen molar-refractivity contribution < 1.29 is 4.74 Å². The monoisotopic (exact) mass is 270 g/mol. The van der Waals surface area contributed by atoms with Crippen molar-refractivity contribution in [2.45, 2.75) is 20.0 Å². The fourth-order valence-corrected chi connectivity index (χ4v) is 2.23. The van der Waals surface area contributed by atoms with Crippen molar-refractivity contribution in [3.05, 3.63) is 59.7 Å². The smallest absolute Gasteiger partial charge is 0.119 e. The third-order valence-corrected chi connectivity index (χ3v) is 3.44. The number of para-hydroxylation sites is 1. The number of hydrogen-bond donors (Lipinski definition) is 1. The van der Waals surface area contributed by atoms with Gasteiger partial charge in [0.15, 0.2) is 0 Å². The molecule has 2 rings (SSSR count). The lowest BCUT2D eigenvalue weighted by Crippen LogP contribution is -2.22. The zero-order valence-electron chi connectivity index (χ0n) is 12.2. The first kappa shape index (κ1) is 14.4. The number of hydrogen-bond acceptors (Lipinski definition) is 3. The van der Waals surface area contributed by atoms with Crippen LogP contribution in [-0.2, 0) is 13.1 Å². The third-order valence-electron chi connectivity index (χ3n) is 3.44. The second-order valence-electron chi connectivity index (χ2n) is 4.85. The van der Waals surface area contributed by atoms with Crippen LogP contribution in [0.4, 0.5) is 5.69 Å². The van der Waals surface area contributed by atoms with Crippen LogP contribution in [0.1, 0.15) is 18.1 Å². The van der Waals surface area contributed by atoms with E-state index in [-0.39, 0.29) is 0 Å². The molecule has 20 heavy (non-hydrogen) atoms. The Hall–Kier alpha value is -2.00. The van der Waals surface area contributed by atoms with E-state index in [2.05, 4.69) is 30.0 Å². The van der Waals surface area contributed by atoms with Gasteiger partial charge >= 0.3 is 0 Å². The molecule has 0 radical (unpaired) electrons. The van der Waals surface area contributed by atoms with Crippen LogP contribution in [0, 0.1) is 0 Å². The highest BCUT2D eigenvalue weighted by molar-refractivity contribution is 5.46. The third kappa shape index (κ3) is 3.75. The molecule has 2 N–H and O–H groups in total. The molecule has 106 valence electrons. The molecule has 0 fully saturated rings. The van der Waals surface area contributed by atoms with Gasteiger partial charge < -0.3 is 10.5 Å². The molecule has 0 bridgehead atoms. The Morgan fingerprint density at radius 3 is 2.55 bits per heavy atom. The molecule has 3 heteroatoms. The maximum atomic E-state index is 6.02. The Morgan fingerprint density at radius 1 is 1.05 bits per heavy atom. The van der Waals surface area contributed by atoms with Crippen LogP contribution in [-0.4, -0.2) is 18.6 Å². The van der Waals surface area contributed by atoms with Crippen LogP contribution >= 0.6 is 0 Å². The van der Waals surface area contributed by atoms with E-state index in [1.807, 2.05) is 30.3 Å². The lowest BCUT2D eigenvalue weighted by Gasteiger charge is -2.21. The molecular weight excluding hydrogens is 248 g/mol. The molecule has 0 unspecified atom stereocenters. The molecule has 2 aromatic carbocycles. The van der Waals surface area contributed by atoms with Crippen molar-refractivity contribution in [2.24, 2.45) is 0 Å². The molecule has 0 saturated heterocycles. The number of anilines is 1. The zero-order valence-corrected chi connectivity index (χ0v) is 12.2. The molecule has 0 saturated carbocycles. The quantitative estimate of drug-likeness (QED) is 0.819. The van der Waals surface area contributed by atoms with E-state index in [0.29, 0.717) is 0 Å². The van der Waals surface area contributed by atoms with Gasteiger partial charge in [0.2, 0.25) is 0 Å². The molecule has 0 amide bonds. The maximum absolute atomic E-state index is 6.02. The van der Waals surface area contributed by atoms with Gasteiger partial charge in [-0.25, -0.2) is 0 Å². The molecule has 2 aromatic rings. The van der Waals surface area contributed by atoms with Crippen LogP contribution in [0.3, 0.4) is 0 Å². The van der Waals surface area contributed by atoms with Gasteiger partial charge in [-0.3, -0.25) is 4.90 Å². The number of ether oxygens (including phenoxy) is 1. The Labute approximate surface area is 121 Å². The van der Waals surface area contributed by atoms with Crippen molar-refractivity contribution in [1.29, 1.82) is 0 Å². The first-order valence-electron chi connectivity index (χ1n) is 6.91. The normalized spacial score (nSPS) is 10.8. The highest BCUT2D eigenvalue weighted by Crippen LogP contribution is 2.17. The number of nitrogens with zero attached hydrogens (tertiary/aromatic N) is 1. The summed E-state index contributed by atoms with van der Waals surface area (Å²) in [5, 5.41) is 0. The van der Waals surface area contributed by atoms with Gasteiger partial charge in [-0.15, -0.1) is 0 Å². The van der Waals surface area contributed by atoms with Gasteiger partial charge in [0, 0.05) is 18.8 Å². The average molecular weight is 270 g/mol. The lowest BCUT2D eigenvalue weighted by atomic mass is 10.1. The van der Waals surface area contributed by atoms with Crippen LogP contribution in [0.25, 0.3) is 0 Å². The highest BCUT2D eigenvalue weighted by Gasteiger charge is 2.07. The largest absolute Gasteiger partial charge is 0.497 e. The van der Waals surface area contributed by atoms with E-state index in [4.69, 9.17) is 10.5 Å². The topological polar surface area (TPSA) is 38.5 Å². The van der Waals surface area contributed by atoms with Crippen molar-refractivity contribution in [1.82, 2.24) is 4.90 Å². The summed E-state index contributed by atoms with van der Waals surface area (Å²) in [6.45, 7) is 4.90. The standard InChI is InChI=1S/C17H22N2O/c1-3-19(13-15-8-4-5-10-17(15)18)12-14-7-6-9-16(11-14)20-2/h4-11H,3,12-13,18H2,1-2H3. The minimum absolute atomic E-state index is 0.858. The first-order valence-corrected chi connectivity index (χ1v) is 6.91. The summed E-state index contributed by atoms with van der Waals surface area (Å²) in [5.74, 6) is 0.901. The molecule has 0 aliphatic rings. The molecule has 0 aliphatic heterocycles. The Bertz CT molecular complexity index is 554. The van der Waals surface area contributed by atoms with Gasteiger partial charge in [0.25, 0.3) is 0 Å². The Balaban J connectivity index is 2.07. The molecular formula is C17H22N2O.